The smallest absolute Gasteiger partial charge is 0.310 e. The Kier molecular flexibility index (Phi) is 4.47. The molecule has 2 aromatic carbocycles. The maximum Gasteiger partial charge on any atom is 0.310 e. The standard InChI is InChI=1S/C17H14FNO5S2/c1-25(20,21)14-8-4-12(5-9-14)17-15(10-16(19-17)26(22,23)24)11-2-6-13(18)7-3-11/h2-10,19H,1H3,(H,22,23,24). The van der Waals surface area contributed by atoms with Crippen LogP contribution in [0, 0.1) is 5.82 Å². The lowest BCUT2D eigenvalue weighted by molar-refractivity contribution is 0.480. The summed E-state index contributed by atoms with van der Waals surface area (Å²) in [6.07, 6.45) is 1.08. The zero-order valence-electron chi connectivity index (χ0n) is 13.5. The lowest BCUT2D eigenvalue weighted by Gasteiger charge is -2.06. The van der Waals surface area contributed by atoms with Crippen LogP contribution in [0.4, 0.5) is 4.39 Å². The van der Waals surface area contributed by atoms with E-state index >= 15 is 0 Å². The van der Waals surface area contributed by atoms with E-state index in [0.29, 0.717) is 22.4 Å². The van der Waals surface area contributed by atoms with E-state index < -0.39 is 30.8 Å². The third kappa shape index (κ3) is 3.69. The number of sulfone groups is 1. The highest BCUT2D eigenvalue weighted by Crippen LogP contribution is 2.34. The summed E-state index contributed by atoms with van der Waals surface area (Å²) in [6, 6.07) is 12.5. The minimum absolute atomic E-state index is 0.117. The van der Waals surface area contributed by atoms with Crippen molar-refractivity contribution < 1.29 is 25.8 Å². The third-order valence-electron chi connectivity index (χ3n) is 3.80. The SMILES string of the molecule is CS(=O)(=O)c1ccc(-c2[nH]c(S(=O)(=O)O)cc2-c2ccc(F)cc2)cc1. The van der Waals surface area contributed by atoms with Gasteiger partial charge in [0, 0.05) is 11.8 Å². The van der Waals surface area contributed by atoms with Crippen molar-refractivity contribution in [3.05, 3.63) is 60.4 Å². The van der Waals surface area contributed by atoms with Gasteiger partial charge in [0.05, 0.1) is 10.6 Å². The summed E-state index contributed by atoms with van der Waals surface area (Å²) in [5.74, 6) is -0.446. The molecule has 0 atom stereocenters. The number of rotatable bonds is 4. The summed E-state index contributed by atoms with van der Waals surface area (Å²) in [7, 11) is -7.86. The van der Waals surface area contributed by atoms with Gasteiger partial charge in [0.1, 0.15) is 5.82 Å². The molecule has 0 saturated carbocycles. The fraction of sp³-hybridized carbons (Fsp3) is 0.0588. The van der Waals surface area contributed by atoms with Crippen LogP contribution in [-0.4, -0.2) is 32.6 Å². The molecule has 0 aliphatic carbocycles. The summed E-state index contributed by atoms with van der Waals surface area (Å²) in [4.78, 5) is 2.74. The molecule has 0 bridgehead atoms. The van der Waals surface area contributed by atoms with Gasteiger partial charge in [-0.15, -0.1) is 0 Å². The van der Waals surface area contributed by atoms with Crippen molar-refractivity contribution in [3.63, 3.8) is 0 Å². The molecule has 0 unspecified atom stereocenters. The number of benzene rings is 2. The number of aromatic nitrogens is 1. The van der Waals surface area contributed by atoms with E-state index in [9.17, 15) is 25.8 Å². The number of halogens is 1. The van der Waals surface area contributed by atoms with E-state index in [0.717, 1.165) is 6.26 Å². The third-order valence-corrected chi connectivity index (χ3v) is 5.70. The summed E-state index contributed by atoms with van der Waals surface area (Å²) in [5, 5.41) is -0.418. The molecule has 0 amide bonds. The first-order valence-corrected chi connectivity index (χ1v) is 10.7. The molecule has 0 aliphatic rings. The molecule has 6 nitrogen and oxygen atoms in total. The van der Waals surface area contributed by atoms with Crippen LogP contribution in [-0.2, 0) is 20.0 Å². The molecule has 0 aliphatic heterocycles. The highest BCUT2D eigenvalue weighted by Gasteiger charge is 2.19. The predicted molar refractivity (Wildman–Crippen MR) is 94.5 cm³/mol. The van der Waals surface area contributed by atoms with Gasteiger partial charge in [-0.2, -0.15) is 8.42 Å². The summed E-state index contributed by atoms with van der Waals surface area (Å²) in [6.45, 7) is 0. The fourth-order valence-electron chi connectivity index (χ4n) is 2.52. The first kappa shape index (κ1) is 18.3. The van der Waals surface area contributed by atoms with Crippen LogP contribution in [0.2, 0.25) is 0 Å². The van der Waals surface area contributed by atoms with Crippen LogP contribution in [0.5, 0.6) is 0 Å². The second kappa shape index (κ2) is 6.35. The Hall–Kier alpha value is -2.49. The zero-order chi connectivity index (χ0) is 19.1. The van der Waals surface area contributed by atoms with Crippen LogP contribution < -0.4 is 0 Å². The van der Waals surface area contributed by atoms with Gasteiger partial charge in [0.15, 0.2) is 14.9 Å². The first-order chi connectivity index (χ1) is 12.1. The fourth-order valence-corrected chi connectivity index (χ4v) is 3.65. The topological polar surface area (TPSA) is 104 Å². The second-order valence-electron chi connectivity index (χ2n) is 5.70. The van der Waals surface area contributed by atoms with Crippen molar-refractivity contribution in [2.24, 2.45) is 0 Å². The Morgan fingerprint density at radius 1 is 0.885 bits per heavy atom. The maximum atomic E-state index is 13.2. The molecule has 0 radical (unpaired) electrons. The molecule has 3 rings (SSSR count). The van der Waals surface area contributed by atoms with Gasteiger partial charge in [0.2, 0.25) is 0 Å². The van der Waals surface area contributed by atoms with Crippen LogP contribution in [0.15, 0.2) is 64.5 Å². The predicted octanol–water partition coefficient (Wildman–Crippen LogP) is 3.14. The van der Waals surface area contributed by atoms with Crippen molar-refractivity contribution in [1.29, 1.82) is 0 Å². The lowest BCUT2D eigenvalue weighted by atomic mass is 10.0. The lowest BCUT2D eigenvalue weighted by Crippen LogP contribution is -1.98. The van der Waals surface area contributed by atoms with Crippen molar-refractivity contribution in [2.75, 3.05) is 6.26 Å². The van der Waals surface area contributed by atoms with E-state index in [-0.39, 0.29) is 4.90 Å². The zero-order valence-corrected chi connectivity index (χ0v) is 15.1. The van der Waals surface area contributed by atoms with Crippen LogP contribution in [0.1, 0.15) is 0 Å². The molecular formula is C17H14FNO5S2. The van der Waals surface area contributed by atoms with Gasteiger partial charge < -0.3 is 4.98 Å². The second-order valence-corrected chi connectivity index (χ2v) is 9.11. The molecule has 136 valence electrons. The van der Waals surface area contributed by atoms with E-state index in [1.807, 2.05) is 0 Å². The Balaban J connectivity index is 2.19. The summed E-state index contributed by atoms with van der Waals surface area (Å²) < 4.78 is 68.6. The van der Waals surface area contributed by atoms with Crippen LogP contribution in [0.25, 0.3) is 22.4 Å². The van der Waals surface area contributed by atoms with E-state index in [1.165, 1.54) is 54.6 Å². The average molecular weight is 395 g/mol. The van der Waals surface area contributed by atoms with Crippen molar-refractivity contribution in [1.82, 2.24) is 4.98 Å². The van der Waals surface area contributed by atoms with Gasteiger partial charge in [-0.1, -0.05) is 24.3 Å². The number of aromatic amines is 1. The number of nitrogens with one attached hydrogen (secondary N) is 1. The minimum atomic E-state index is -4.49. The van der Waals surface area contributed by atoms with Gasteiger partial charge in [-0.05, 0) is 41.5 Å². The quantitative estimate of drug-likeness (QED) is 0.661. The monoisotopic (exact) mass is 395 g/mol. The Morgan fingerprint density at radius 2 is 1.42 bits per heavy atom. The van der Waals surface area contributed by atoms with Crippen molar-refractivity contribution in [2.45, 2.75) is 9.92 Å². The molecular weight excluding hydrogens is 381 g/mol. The number of hydrogen-bond donors (Lipinski definition) is 2. The highest BCUT2D eigenvalue weighted by atomic mass is 32.2. The molecule has 1 aromatic heterocycles. The Bertz CT molecular complexity index is 1160. The average Bonchev–Trinajstić information content (AvgIpc) is 3.00. The van der Waals surface area contributed by atoms with Gasteiger partial charge in [-0.25, -0.2) is 12.8 Å². The highest BCUT2D eigenvalue weighted by molar-refractivity contribution is 7.90. The minimum Gasteiger partial charge on any atom is -0.343 e. The number of H-pyrrole nitrogens is 1. The molecule has 0 fully saturated rings. The van der Waals surface area contributed by atoms with Crippen LogP contribution >= 0.6 is 0 Å². The molecule has 26 heavy (non-hydrogen) atoms. The normalized spacial score (nSPS) is 12.3. The van der Waals surface area contributed by atoms with Gasteiger partial charge in [0.25, 0.3) is 0 Å². The Labute approximate surface area is 150 Å². The van der Waals surface area contributed by atoms with Crippen LogP contribution in [0.3, 0.4) is 0 Å². The van der Waals surface area contributed by atoms with E-state index in [4.69, 9.17) is 0 Å². The summed E-state index contributed by atoms with van der Waals surface area (Å²) in [5.41, 5.74) is 1.81. The molecule has 0 saturated heterocycles. The van der Waals surface area contributed by atoms with Crippen molar-refractivity contribution >= 4 is 20.0 Å². The molecule has 1 heterocycles. The first-order valence-electron chi connectivity index (χ1n) is 7.32. The van der Waals surface area contributed by atoms with Gasteiger partial charge >= 0.3 is 10.1 Å². The molecule has 3 aromatic rings. The molecule has 9 heteroatoms. The van der Waals surface area contributed by atoms with E-state index in [2.05, 4.69) is 4.98 Å². The molecule has 0 spiro atoms. The largest absolute Gasteiger partial charge is 0.343 e. The Morgan fingerprint density at radius 3 is 1.92 bits per heavy atom. The van der Waals surface area contributed by atoms with Crippen molar-refractivity contribution in [3.8, 4) is 22.4 Å². The van der Waals surface area contributed by atoms with E-state index in [1.54, 1.807) is 0 Å². The maximum absolute atomic E-state index is 13.2. The van der Waals surface area contributed by atoms with Gasteiger partial charge in [-0.3, -0.25) is 4.55 Å². The number of hydrogen-bond acceptors (Lipinski definition) is 4. The summed E-state index contributed by atoms with van der Waals surface area (Å²) >= 11 is 0. The molecule has 2 N–H and O–H groups in total.